The number of pyridine rings is 1. The van der Waals surface area contributed by atoms with Crippen LogP contribution in [0.3, 0.4) is 0 Å². The highest BCUT2D eigenvalue weighted by Gasteiger charge is 2.31. The lowest BCUT2D eigenvalue weighted by molar-refractivity contribution is 0.0645. The van der Waals surface area contributed by atoms with Crippen molar-refractivity contribution in [1.29, 1.82) is 0 Å². The number of halogens is 1. The van der Waals surface area contributed by atoms with Crippen LogP contribution < -0.4 is 4.74 Å². The van der Waals surface area contributed by atoms with E-state index >= 15 is 0 Å². The fourth-order valence-corrected chi connectivity index (χ4v) is 2.28. The van der Waals surface area contributed by atoms with Gasteiger partial charge in [0.25, 0.3) is 5.91 Å². The second-order valence-electron chi connectivity index (χ2n) is 5.77. The molecule has 1 N–H and O–H groups in total. The summed E-state index contributed by atoms with van der Waals surface area (Å²) in [5.41, 5.74) is 0.390. The smallest absolute Gasteiger partial charge is 0.255 e. The summed E-state index contributed by atoms with van der Waals surface area (Å²) in [7, 11) is 1.67. The molecule has 116 valence electrons. The summed E-state index contributed by atoms with van der Waals surface area (Å²) in [6.45, 7) is 4.08. The largest absolute Gasteiger partial charge is 0.474 e. The Morgan fingerprint density at radius 3 is 2.76 bits per heavy atom. The second kappa shape index (κ2) is 6.62. The predicted molar refractivity (Wildman–Crippen MR) is 80.7 cm³/mol. The highest BCUT2D eigenvalue weighted by atomic mass is 35.5. The maximum atomic E-state index is 12.3. The molecule has 1 amide bonds. The summed E-state index contributed by atoms with van der Waals surface area (Å²) in [5.74, 6) is 0.452. The minimum atomic E-state index is -0.453. The third-order valence-electron chi connectivity index (χ3n) is 3.38. The predicted octanol–water partition coefficient (Wildman–Crippen LogP) is 2.37. The van der Waals surface area contributed by atoms with Gasteiger partial charge < -0.3 is 14.7 Å². The highest BCUT2D eigenvalue weighted by molar-refractivity contribution is 6.32. The van der Waals surface area contributed by atoms with E-state index in [0.29, 0.717) is 28.9 Å². The highest BCUT2D eigenvalue weighted by Crippen LogP contribution is 2.33. The molecule has 0 radical (unpaired) electrons. The molecule has 0 saturated heterocycles. The number of carbonyl (C=O) groups is 1. The zero-order valence-corrected chi connectivity index (χ0v) is 13.3. The number of aliphatic hydroxyl groups is 1. The molecule has 2 rings (SSSR count). The van der Waals surface area contributed by atoms with Crippen LogP contribution in [-0.4, -0.2) is 46.7 Å². The fourth-order valence-electron chi connectivity index (χ4n) is 2.07. The molecule has 1 aromatic heterocycles. The van der Waals surface area contributed by atoms with Gasteiger partial charge in [-0.05, 0) is 38.7 Å². The van der Waals surface area contributed by atoms with Crippen molar-refractivity contribution in [2.75, 3.05) is 13.6 Å². The van der Waals surface area contributed by atoms with Gasteiger partial charge in [0.05, 0.1) is 17.8 Å². The van der Waals surface area contributed by atoms with Crippen molar-refractivity contribution in [3.63, 3.8) is 0 Å². The van der Waals surface area contributed by atoms with Gasteiger partial charge in [-0.1, -0.05) is 11.6 Å². The van der Waals surface area contributed by atoms with Gasteiger partial charge in [-0.25, -0.2) is 4.98 Å². The van der Waals surface area contributed by atoms with Crippen LogP contribution in [0.4, 0.5) is 0 Å². The molecule has 0 aromatic carbocycles. The molecule has 5 nitrogen and oxygen atoms in total. The summed E-state index contributed by atoms with van der Waals surface area (Å²) < 4.78 is 5.44. The van der Waals surface area contributed by atoms with E-state index in [1.54, 1.807) is 13.1 Å². The number of likely N-dealkylation sites (N-methyl/N-ethyl adjacent to an activating group) is 1. The Balaban J connectivity index is 2.02. The minimum absolute atomic E-state index is 0.0343. The monoisotopic (exact) mass is 312 g/mol. The summed E-state index contributed by atoms with van der Waals surface area (Å²) in [6.07, 6.45) is 3.04. The summed E-state index contributed by atoms with van der Waals surface area (Å²) in [6, 6.07) is 1.55. The van der Waals surface area contributed by atoms with Gasteiger partial charge in [-0.15, -0.1) is 0 Å². The van der Waals surface area contributed by atoms with E-state index < -0.39 is 6.10 Å². The van der Waals surface area contributed by atoms with Crippen molar-refractivity contribution in [3.05, 3.63) is 22.8 Å². The third-order valence-corrected chi connectivity index (χ3v) is 3.65. The van der Waals surface area contributed by atoms with Gasteiger partial charge in [0, 0.05) is 19.8 Å². The molecule has 1 saturated carbocycles. The Hall–Kier alpha value is -1.33. The number of aliphatic hydroxyl groups excluding tert-OH is 1. The van der Waals surface area contributed by atoms with Crippen molar-refractivity contribution in [3.8, 4) is 5.88 Å². The van der Waals surface area contributed by atoms with Crippen molar-refractivity contribution in [1.82, 2.24) is 9.88 Å². The first kappa shape index (κ1) is 16.0. The number of hydrogen-bond donors (Lipinski definition) is 1. The van der Waals surface area contributed by atoms with Crippen LogP contribution in [0.2, 0.25) is 5.02 Å². The number of nitrogens with zero attached hydrogens (tertiary/aromatic N) is 2. The third kappa shape index (κ3) is 4.32. The van der Waals surface area contributed by atoms with Gasteiger partial charge in [-0.2, -0.15) is 0 Å². The zero-order chi connectivity index (χ0) is 15.6. The lowest BCUT2D eigenvalue weighted by Gasteiger charge is -2.21. The SMILES string of the molecule is CC(C)Oc1ncc(C(=O)N(C)CC(O)C2CC2)cc1Cl. The van der Waals surface area contributed by atoms with E-state index in [1.165, 1.54) is 11.1 Å². The molecule has 0 spiro atoms. The molecule has 21 heavy (non-hydrogen) atoms. The molecular formula is C15H21ClN2O3. The standard InChI is InChI=1S/C15H21ClN2O3/c1-9(2)21-14-12(16)6-11(7-17-14)15(20)18(3)8-13(19)10-4-5-10/h6-7,9-10,13,19H,4-5,8H2,1-3H3. The number of rotatable bonds is 6. The van der Waals surface area contributed by atoms with Gasteiger partial charge in [0.15, 0.2) is 0 Å². The molecule has 1 unspecified atom stereocenters. The molecule has 1 aliphatic carbocycles. The maximum Gasteiger partial charge on any atom is 0.255 e. The average Bonchev–Trinajstić information content (AvgIpc) is 3.24. The first-order valence-electron chi connectivity index (χ1n) is 7.14. The van der Waals surface area contributed by atoms with E-state index in [2.05, 4.69) is 4.98 Å². The second-order valence-corrected chi connectivity index (χ2v) is 6.18. The number of amides is 1. The molecule has 1 fully saturated rings. The van der Waals surface area contributed by atoms with Crippen molar-refractivity contribution in [2.24, 2.45) is 5.92 Å². The van der Waals surface area contributed by atoms with Crippen LogP contribution in [0.5, 0.6) is 5.88 Å². The van der Waals surface area contributed by atoms with Crippen LogP contribution in [0.1, 0.15) is 37.0 Å². The Labute approximate surface area is 129 Å². The quantitative estimate of drug-likeness (QED) is 0.876. The fraction of sp³-hybridized carbons (Fsp3) is 0.600. The number of ether oxygens (including phenoxy) is 1. The first-order valence-corrected chi connectivity index (χ1v) is 7.52. The summed E-state index contributed by atoms with van der Waals surface area (Å²) in [4.78, 5) is 17.9. The molecule has 1 heterocycles. The lowest BCUT2D eigenvalue weighted by atomic mass is 10.2. The van der Waals surface area contributed by atoms with Crippen molar-refractivity contribution in [2.45, 2.75) is 38.9 Å². The van der Waals surface area contributed by atoms with Crippen LogP contribution in [-0.2, 0) is 0 Å². The maximum absolute atomic E-state index is 12.3. The average molecular weight is 313 g/mol. The van der Waals surface area contributed by atoms with Crippen LogP contribution in [0.15, 0.2) is 12.3 Å². The number of aromatic nitrogens is 1. The van der Waals surface area contributed by atoms with E-state index in [4.69, 9.17) is 16.3 Å². The molecule has 1 aliphatic rings. The topological polar surface area (TPSA) is 62.7 Å². The Morgan fingerprint density at radius 1 is 1.57 bits per heavy atom. The van der Waals surface area contributed by atoms with Gasteiger partial charge in [0.2, 0.25) is 5.88 Å². The molecular weight excluding hydrogens is 292 g/mol. The van der Waals surface area contributed by atoms with E-state index in [0.717, 1.165) is 12.8 Å². The van der Waals surface area contributed by atoms with Crippen LogP contribution in [0, 0.1) is 5.92 Å². The van der Waals surface area contributed by atoms with E-state index in [1.807, 2.05) is 13.8 Å². The minimum Gasteiger partial charge on any atom is -0.474 e. The van der Waals surface area contributed by atoms with E-state index in [9.17, 15) is 9.90 Å². The molecule has 1 atom stereocenters. The normalized spacial score (nSPS) is 15.9. The molecule has 0 aliphatic heterocycles. The number of carbonyl (C=O) groups excluding carboxylic acids is 1. The Morgan fingerprint density at radius 2 is 2.24 bits per heavy atom. The van der Waals surface area contributed by atoms with Crippen LogP contribution in [0.25, 0.3) is 0 Å². The molecule has 1 aromatic rings. The number of hydrogen-bond acceptors (Lipinski definition) is 4. The van der Waals surface area contributed by atoms with Gasteiger partial charge in [-0.3, -0.25) is 4.79 Å². The van der Waals surface area contributed by atoms with Crippen molar-refractivity contribution < 1.29 is 14.6 Å². The summed E-state index contributed by atoms with van der Waals surface area (Å²) in [5, 5.41) is 10.2. The van der Waals surface area contributed by atoms with Crippen molar-refractivity contribution >= 4 is 17.5 Å². The van der Waals surface area contributed by atoms with Crippen LogP contribution >= 0.6 is 11.6 Å². The zero-order valence-electron chi connectivity index (χ0n) is 12.5. The van der Waals surface area contributed by atoms with E-state index in [-0.39, 0.29) is 12.0 Å². The molecule has 6 heteroatoms. The summed E-state index contributed by atoms with van der Waals surface area (Å²) >= 11 is 6.08. The molecule has 0 bridgehead atoms. The Kier molecular flexibility index (Phi) is 5.06. The first-order chi connectivity index (χ1) is 9.88. The van der Waals surface area contributed by atoms with Gasteiger partial charge >= 0.3 is 0 Å². The van der Waals surface area contributed by atoms with Gasteiger partial charge in [0.1, 0.15) is 5.02 Å². The Bertz CT molecular complexity index is 518. The lowest BCUT2D eigenvalue weighted by Crippen LogP contribution is -2.35.